The Labute approximate surface area is 161 Å². The third-order valence-electron chi connectivity index (χ3n) is 3.70. The van der Waals surface area contributed by atoms with Crippen molar-refractivity contribution in [2.24, 2.45) is 0 Å². The van der Waals surface area contributed by atoms with Gasteiger partial charge in [-0.15, -0.1) is 10.2 Å². The number of nitrogens with one attached hydrogen (secondary N) is 2. The molecule has 0 aliphatic carbocycles. The Morgan fingerprint density at radius 3 is 2.37 bits per heavy atom. The molecule has 1 amide bonds. The van der Waals surface area contributed by atoms with Gasteiger partial charge in [0, 0.05) is 6.07 Å². The highest BCUT2D eigenvalue weighted by Crippen LogP contribution is 2.31. The van der Waals surface area contributed by atoms with E-state index in [4.69, 9.17) is 21.1 Å². The number of amides is 1. The summed E-state index contributed by atoms with van der Waals surface area (Å²) in [6.45, 7) is 0. The third kappa shape index (κ3) is 4.45. The maximum Gasteiger partial charge on any atom is 0.258 e. The SMILES string of the molecule is COc1ccc(Nc2ccc(NC(=O)c3ccccc3Cl)nn2)c(OC)c1. The molecule has 2 N–H and O–H groups in total. The number of benzene rings is 2. The van der Waals surface area contributed by atoms with Gasteiger partial charge in [0.25, 0.3) is 5.91 Å². The molecule has 2 aromatic carbocycles. The molecule has 0 atom stereocenters. The van der Waals surface area contributed by atoms with Crippen molar-refractivity contribution >= 4 is 34.8 Å². The Morgan fingerprint density at radius 2 is 1.70 bits per heavy atom. The van der Waals surface area contributed by atoms with Gasteiger partial charge in [0.2, 0.25) is 0 Å². The van der Waals surface area contributed by atoms with E-state index >= 15 is 0 Å². The number of hydrogen-bond acceptors (Lipinski definition) is 6. The van der Waals surface area contributed by atoms with Crippen LogP contribution in [0.4, 0.5) is 17.3 Å². The van der Waals surface area contributed by atoms with Crippen LogP contribution in [0.3, 0.4) is 0 Å². The molecule has 1 aromatic heterocycles. The number of rotatable bonds is 6. The Morgan fingerprint density at radius 1 is 0.963 bits per heavy atom. The van der Waals surface area contributed by atoms with E-state index in [9.17, 15) is 4.79 Å². The lowest BCUT2D eigenvalue weighted by atomic mass is 10.2. The molecule has 0 spiro atoms. The lowest BCUT2D eigenvalue weighted by Gasteiger charge is -2.12. The van der Waals surface area contributed by atoms with Crippen molar-refractivity contribution in [3.8, 4) is 11.5 Å². The number of carbonyl (C=O) groups excluding carboxylic acids is 1. The number of carbonyl (C=O) groups is 1. The zero-order chi connectivity index (χ0) is 19.2. The second kappa shape index (κ2) is 8.37. The monoisotopic (exact) mass is 384 g/mol. The van der Waals surface area contributed by atoms with Crippen molar-refractivity contribution in [3.63, 3.8) is 0 Å². The maximum absolute atomic E-state index is 12.2. The first-order valence-corrected chi connectivity index (χ1v) is 8.37. The Hall–Kier alpha value is -3.32. The van der Waals surface area contributed by atoms with Gasteiger partial charge in [-0.1, -0.05) is 23.7 Å². The average Bonchev–Trinajstić information content (AvgIpc) is 2.70. The topological polar surface area (TPSA) is 85.4 Å². The summed E-state index contributed by atoms with van der Waals surface area (Å²) in [4.78, 5) is 12.2. The van der Waals surface area contributed by atoms with Crippen molar-refractivity contribution < 1.29 is 14.3 Å². The Kier molecular flexibility index (Phi) is 5.73. The number of hydrogen-bond donors (Lipinski definition) is 2. The predicted molar refractivity (Wildman–Crippen MR) is 104 cm³/mol. The summed E-state index contributed by atoms with van der Waals surface area (Å²) < 4.78 is 10.5. The van der Waals surface area contributed by atoms with E-state index in [1.54, 1.807) is 62.8 Å². The number of methoxy groups -OCH3 is 2. The van der Waals surface area contributed by atoms with Crippen molar-refractivity contribution in [1.82, 2.24) is 10.2 Å². The van der Waals surface area contributed by atoms with E-state index in [2.05, 4.69) is 20.8 Å². The molecule has 27 heavy (non-hydrogen) atoms. The van der Waals surface area contributed by atoms with Crippen LogP contribution in [0.15, 0.2) is 54.6 Å². The van der Waals surface area contributed by atoms with Crippen LogP contribution < -0.4 is 20.1 Å². The van der Waals surface area contributed by atoms with E-state index in [-0.39, 0.29) is 5.91 Å². The van der Waals surface area contributed by atoms with Crippen molar-refractivity contribution in [3.05, 3.63) is 65.2 Å². The summed E-state index contributed by atoms with van der Waals surface area (Å²) in [6.07, 6.45) is 0. The highest BCUT2D eigenvalue weighted by Gasteiger charge is 2.11. The van der Waals surface area contributed by atoms with Gasteiger partial charge in [-0.3, -0.25) is 4.79 Å². The van der Waals surface area contributed by atoms with Gasteiger partial charge >= 0.3 is 0 Å². The summed E-state index contributed by atoms with van der Waals surface area (Å²) in [6, 6.07) is 15.5. The lowest BCUT2D eigenvalue weighted by Crippen LogP contribution is -2.14. The summed E-state index contributed by atoms with van der Waals surface area (Å²) in [5.74, 6) is 1.74. The maximum atomic E-state index is 12.2. The standard InChI is InChI=1S/C19H17ClN4O3/c1-26-12-7-8-15(16(11-12)27-2)21-17-9-10-18(24-23-17)22-19(25)13-5-3-4-6-14(13)20/h3-11H,1-2H3,(H,21,23)(H,22,24,25). The molecule has 0 radical (unpaired) electrons. The van der Waals surface area contributed by atoms with Gasteiger partial charge in [0.15, 0.2) is 11.6 Å². The molecule has 1 heterocycles. The van der Waals surface area contributed by atoms with Crippen LogP contribution in [0.2, 0.25) is 5.02 Å². The fraction of sp³-hybridized carbons (Fsp3) is 0.105. The fourth-order valence-corrected chi connectivity index (χ4v) is 2.56. The summed E-state index contributed by atoms with van der Waals surface area (Å²) >= 11 is 6.02. The van der Waals surface area contributed by atoms with Gasteiger partial charge in [0.1, 0.15) is 11.5 Å². The largest absolute Gasteiger partial charge is 0.497 e. The number of anilines is 3. The molecule has 3 aromatic rings. The molecule has 0 saturated heterocycles. The van der Waals surface area contributed by atoms with Crippen LogP contribution in [0.25, 0.3) is 0 Å². The smallest absolute Gasteiger partial charge is 0.258 e. The quantitative estimate of drug-likeness (QED) is 0.664. The minimum Gasteiger partial charge on any atom is -0.497 e. The molecule has 8 heteroatoms. The minimum atomic E-state index is -0.354. The van der Waals surface area contributed by atoms with E-state index in [0.29, 0.717) is 39.4 Å². The van der Waals surface area contributed by atoms with Gasteiger partial charge < -0.3 is 20.1 Å². The molecule has 3 rings (SSSR count). The molecule has 0 unspecified atom stereocenters. The fourth-order valence-electron chi connectivity index (χ4n) is 2.33. The second-order valence-corrected chi connectivity index (χ2v) is 5.84. The minimum absolute atomic E-state index is 0.312. The van der Waals surface area contributed by atoms with Crippen LogP contribution >= 0.6 is 11.6 Å². The first-order valence-electron chi connectivity index (χ1n) is 7.99. The molecule has 0 aliphatic rings. The van der Waals surface area contributed by atoms with Crippen LogP contribution in [-0.4, -0.2) is 30.3 Å². The van der Waals surface area contributed by atoms with Gasteiger partial charge in [0.05, 0.1) is 30.5 Å². The van der Waals surface area contributed by atoms with Crippen molar-refractivity contribution in [2.45, 2.75) is 0 Å². The highest BCUT2D eigenvalue weighted by molar-refractivity contribution is 6.34. The molecule has 7 nitrogen and oxygen atoms in total. The number of ether oxygens (including phenoxy) is 2. The molecule has 138 valence electrons. The summed E-state index contributed by atoms with van der Waals surface area (Å²) in [5, 5.41) is 14.2. The van der Waals surface area contributed by atoms with E-state index in [1.165, 1.54) is 0 Å². The number of halogens is 1. The summed E-state index contributed by atoms with van der Waals surface area (Å²) in [5.41, 5.74) is 1.08. The predicted octanol–water partition coefficient (Wildman–Crippen LogP) is 4.14. The normalized spacial score (nSPS) is 10.2. The van der Waals surface area contributed by atoms with Crippen molar-refractivity contribution in [2.75, 3.05) is 24.9 Å². The average molecular weight is 385 g/mol. The second-order valence-electron chi connectivity index (χ2n) is 5.43. The molecule has 0 bridgehead atoms. The van der Waals surface area contributed by atoms with E-state index in [1.807, 2.05) is 6.07 Å². The molecular weight excluding hydrogens is 368 g/mol. The van der Waals surface area contributed by atoms with Gasteiger partial charge in [-0.2, -0.15) is 0 Å². The highest BCUT2D eigenvalue weighted by atomic mass is 35.5. The summed E-state index contributed by atoms with van der Waals surface area (Å²) in [7, 11) is 3.15. The van der Waals surface area contributed by atoms with Gasteiger partial charge in [-0.05, 0) is 36.4 Å². The zero-order valence-corrected chi connectivity index (χ0v) is 15.4. The van der Waals surface area contributed by atoms with Gasteiger partial charge in [-0.25, -0.2) is 0 Å². The van der Waals surface area contributed by atoms with E-state index in [0.717, 1.165) is 0 Å². The zero-order valence-electron chi connectivity index (χ0n) is 14.7. The van der Waals surface area contributed by atoms with Crippen LogP contribution in [-0.2, 0) is 0 Å². The molecule has 0 saturated carbocycles. The molecule has 0 aliphatic heterocycles. The molecule has 0 fully saturated rings. The van der Waals surface area contributed by atoms with Crippen LogP contribution in [0.5, 0.6) is 11.5 Å². The number of aromatic nitrogens is 2. The Balaban J connectivity index is 1.71. The number of nitrogens with zero attached hydrogens (tertiary/aromatic N) is 2. The molecular formula is C19H17ClN4O3. The first-order chi connectivity index (χ1) is 13.1. The van der Waals surface area contributed by atoms with Crippen LogP contribution in [0.1, 0.15) is 10.4 Å². The van der Waals surface area contributed by atoms with E-state index < -0.39 is 0 Å². The third-order valence-corrected chi connectivity index (χ3v) is 4.03. The Bertz CT molecular complexity index is 948. The first kappa shape index (κ1) is 18.5. The van der Waals surface area contributed by atoms with Crippen molar-refractivity contribution in [1.29, 1.82) is 0 Å². The lowest BCUT2D eigenvalue weighted by molar-refractivity contribution is 0.102. The van der Waals surface area contributed by atoms with Crippen LogP contribution in [0, 0.1) is 0 Å².